The van der Waals surface area contributed by atoms with E-state index in [9.17, 15) is 36.5 Å². The van der Waals surface area contributed by atoms with Gasteiger partial charge in [0.15, 0.2) is 0 Å². The van der Waals surface area contributed by atoms with E-state index in [1.165, 1.54) is 24.3 Å². The van der Waals surface area contributed by atoms with E-state index in [2.05, 4.69) is 14.4 Å². The predicted molar refractivity (Wildman–Crippen MR) is 124 cm³/mol. The molecule has 2 unspecified atom stereocenters. The van der Waals surface area contributed by atoms with Crippen LogP contribution in [-0.2, 0) is 25.7 Å². The van der Waals surface area contributed by atoms with Gasteiger partial charge >= 0.3 is 12.1 Å². The van der Waals surface area contributed by atoms with Crippen LogP contribution in [0.15, 0.2) is 51.2 Å². The van der Waals surface area contributed by atoms with Crippen molar-refractivity contribution in [3.8, 4) is 10.6 Å². The first-order chi connectivity index (χ1) is 17.0. The lowest BCUT2D eigenvalue weighted by molar-refractivity contribution is -0.384. The fraction of sp³-hybridized carbons (Fsp3) is 0.364. The highest BCUT2D eigenvalue weighted by molar-refractivity contribution is 7.91. The van der Waals surface area contributed by atoms with Crippen LogP contribution in [0.3, 0.4) is 0 Å². The summed E-state index contributed by atoms with van der Waals surface area (Å²) in [5.74, 6) is -2.94. The number of nitrogens with one attached hydrogen (secondary N) is 1. The number of hydrogen-bond donors (Lipinski definition) is 1. The topological polar surface area (TPSA) is 142 Å². The minimum Gasteiger partial charge on any atom is -0.459 e. The van der Waals surface area contributed by atoms with Crippen molar-refractivity contribution in [3.63, 3.8) is 0 Å². The molecule has 1 aliphatic rings. The molecule has 2 aromatic heterocycles. The van der Waals surface area contributed by atoms with E-state index in [0.717, 1.165) is 6.07 Å². The number of nitrogens with zero attached hydrogens (tertiary/aromatic N) is 2. The number of ether oxygens (including phenoxy) is 1. The Morgan fingerprint density at radius 2 is 1.95 bits per heavy atom. The lowest BCUT2D eigenvalue weighted by atomic mass is 10.1. The normalized spacial score (nSPS) is 20.0. The van der Waals surface area contributed by atoms with E-state index in [-0.39, 0.29) is 26.9 Å². The monoisotopic (exact) mass is 559 g/mol. The predicted octanol–water partition coefficient (Wildman–Crippen LogP) is 4.88. The number of hydrogen-bond acceptors (Lipinski definition) is 9. The van der Waals surface area contributed by atoms with Crippen molar-refractivity contribution < 1.29 is 40.6 Å². The SMILES string of the molecule is CC(C)(C)OC(=O)C1(NS(=O)(=O)c2ccc(-c3cc(C(F)(F)F)on3)s2)CC1c1cccc([N+](=O)[O-])c1. The van der Waals surface area contributed by atoms with Gasteiger partial charge in [-0.3, -0.25) is 10.1 Å². The average Bonchev–Trinajstić information content (AvgIpc) is 3.14. The Kier molecular flexibility index (Phi) is 6.45. The molecule has 0 radical (unpaired) electrons. The highest BCUT2D eigenvalue weighted by Gasteiger charge is 2.64. The molecule has 1 aliphatic carbocycles. The fourth-order valence-electron chi connectivity index (χ4n) is 3.69. The summed E-state index contributed by atoms with van der Waals surface area (Å²) in [6, 6.07) is 8.59. The number of nitro benzene ring substituents is 1. The molecule has 37 heavy (non-hydrogen) atoms. The Labute approximate surface area is 212 Å². The lowest BCUT2D eigenvalue weighted by Crippen LogP contribution is -2.47. The van der Waals surface area contributed by atoms with Crippen LogP contribution < -0.4 is 4.72 Å². The van der Waals surface area contributed by atoms with Crippen molar-refractivity contribution in [3.05, 3.63) is 63.9 Å². The van der Waals surface area contributed by atoms with Crippen LogP contribution in [0.4, 0.5) is 18.9 Å². The Hall–Kier alpha value is -3.30. The van der Waals surface area contributed by atoms with E-state index in [1.54, 1.807) is 26.8 Å². The second-order valence-corrected chi connectivity index (χ2v) is 12.4. The molecule has 10 nitrogen and oxygen atoms in total. The third kappa shape index (κ3) is 5.52. The molecular weight excluding hydrogens is 539 g/mol. The number of esters is 1. The molecule has 0 amide bonds. The van der Waals surface area contributed by atoms with Crippen molar-refractivity contribution in [1.82, 2.24) is 9.88 Å². The van der Waals surface area contributed by atoms with Gasteiger partial charge in [-0.2, -0.15) is 17.9 Å². The van der Waals surface area contributed by atoms with Crippen LogP contribution in [0.1, 0.15) is 44.4 Å². The van der Waals surface area contributed by atoms with Crippen LogP contribution in [-0.4, -0.2) is 35.6 Å². The second kappa shape index (κ2) is 8.92. The summed E-state index contributed by atoms with van der Waals surface area (Å²) in [7, 11) is -4.38. The first-order valence-corrected chi connectivity index (χ1v) is 13.0. The number of carbonyl (C=O) groups is 1. The average molecular weight is 560 g/mol. The zero-order valence-electron chi connectivity index (χ0n) is 19.5. The molecule has 2 heterocycles. The molecule has 1 fully saturated rings. The van der Waals surface area contributed by atoms with Gasteiger partial charge in [0.2, 0.25) is 5.76 Å². The van der Waals surface area contributed by atoms with Crippen LogP contribution >= 0.6 is 11.3 Å². The Bertz CT molecular complexity index is 1470. The van der Waals surface area contributed by atoms with Crippen molar-refractivity contribution >= 4 is 33.0 Å². The van der Waals surface area contributed by atoms with Gasteiger partial charge < -0.3 is 9.26 Å². The summed E-state index contributed by atoms with van der Waals surface area (Å²) in [4.78, 5) is 23.9. The van der Waals surface area contributed by atoms with Crippen molar-refractivity contribution in [1.29, 1.82) is 0 Å². The van der Waals surface area contributed by atoms with Crippen LogP contribution in [0.5, 0.6) is 0 Å². The molecule has 0 saturated heterocycles. The molecule has 0 spiro atoms. The molecule has 15 heteroatoms. The van der Waals surface area contributed by atoms with Crippen molar-refractivity contribution in [2.75, 3.05) is 0 Å². The van der Waals surface area contributed by atoms with Gasteiger partial charge in [0, 0.05) is 24.1 Å². The Balaban J connectivity index is 1.65. The molecule has 198 valence electrons. The van der Waals surface area contributed by atoms with Gasteiger partial charge in [-0.05, 0) is 44.9 Å². The van der Waals surface area contributed by atoms with Gasteiger partial charge in [0.05, 0.1) is 9.80 Å². The molecule has 1 N–H and O–H groups in total. The highest BCUT2D eigenvalue weighted by atomic mass is 32.2. The maximum atomic E-state index is 13.3. The maximum absolute atomic E-state index is 13.3. The van der Waals surface area contributed by atoms with E-state index in [0.29, 0.717) is 23.0 Å². The number of aromatic nitrogens is 1. The molecule has 4 rings (SSSR count). The van der Waals surface area contributed by atoms with Gasteiger partial charge in [-0.1, -0.05) is 17.3 Å². The molecule has 1 aromatic carbocycles. The summed E-state index contributed by atoms with van der Waals surface area (Å²) in [5.41, 5.74) is -2.74. The van der Waals surface area contributed by atoms with E-state index in [4.69, 9.17) is 4.74 Å². The standard InChI is InChI=1S/C22H20F3N3O7S2/c1-20(2,3)34-19(29)21(11-14(21)12-5-4-6-13(9-12)28(30)31)27-37(32,33)18-8-7-16(36-18)15-10-17(35-26-15)22(23,24)25/h4-10,14,27H,11H2,1-3H3. The third-order valence-electron chi connectivity index (χ3n) is 5.41. The molecule has 1 saturated carbocycles. The maximum Gasteiger partial charge on any atom is 0.452 e. The van der Waals surface area contributed by atoms with Crippen LogP contribution in [0.2, 0.25) is 0 Å². The zero-order valence-corrected chi connectivity index (χ0v) is 21.2. The summed E-state index contributed by atoms with van der Waals surface area (Å²) < 4.78 is 76.9. The minimum absolute atomic E-state index is 0.0151. The molecule has 2 atom stereocenters. The van der Waals surface area contributed by atoms with E-state index >= 15 is 0 Å². The smallest absolute Gasteiger partial charge is 0.452 e. The second-order valence-electron chi connectivity index (χ2n) is 9.38. The van der Waals surface area contributed by atoms with Gasteiger partial charge in [-0.25, -0.2) is 13.2 Å². The summed E-state index contributed by atoms with van der Waals surface area (Å²) in [6.07, 6.45) is -4.77. The number of benzene rings is 1. The number of carbonyl (C=O) groups excluding carboxylic acids is 1. The largest absolute Gasteiger partial charge is 0.459 e. The van der Waals surface area contributed by atoms with Crippen molar-refractivity contribution in [2.45, 2.75) is 54.6 Å². The number of alkyl halides is 3. The molecule has 0 aliphatic heterocycles. The fourth-order valence-corrected chi connectivity index (χ4v) is 6.35. The summed E-state index contributed by atoms with van der Waals surface area (Å²) >= 11 is 0.632. The Morgan fingerprint density at radius 1 is 1.24 bits per heavy atom. The number of rotatable bonds is 7. The number of halogens is 3. The molecule has 0 bridgehead atoms. The number of thiophene rings is 1. The van der Waals surface area contributed by atoms with Crippen molar-refractivity contribution in [2.24, 2.45) is 0 Å². The number of nitro groups is 1. The third-order valence-corrected chi connectivity index (χ3v) is 8.52. The summed E-state index contributed by atoms with van der Waals surface area (Å²) in [6.45, 7) is 4.82. The number of sulfonamides is 1. The van der Waals surface area contributed by atoms with E-state index < -0.39 is 49.9 Å². The quantitative estimate of drug-likeness (QED) is 0.245. The first kappa shape index (κ1) is 26.8. The van der Waals surface area contributed by atoms with Gasteiger partial charge in [-0.15, -0.1) is 11.3 Å². The zero-order chi connectivity index (χ0) is 27.4. The lowest BCUT2D eigenvalue weighted by Gasteiger charge is -2.25. The van der Waals surface area contributed by atoms with Crippen LogP contribution in [0, 0.1) is 10.1 Å². The summed E-state index contributed by atoms with van der Waals surface area (Å²) in [5, 5.41) is 14.5. The van der Waals surface area contributed by atoms with Crippen LogP contribution in [0.25, 0.3) is 10.6 Å². The highest BCUT2D eigenvalue weighted by Crippen LogP contribution is 2.54. The van der Waals surface area contributed by atoms with Gasteiger partial charge in [0.25, 0.3) is 15.7 Å². The Morgan fingerprint density at radius 3 is 2.54 bits per heavy atom. The molecule has 3 aromatic rings. The molecular formula is C22H20F3N3O7S2. The minimum atomic E-state index is -4.76. The van der Waals surface area contributed by atoms with Gasteiger partial charge in [0.1, 0.15) is 21.0 Å². The number of non-ortho nitro benzene ring substituents is 1. The van der Waals surface area contributed by atoms with E-state index in [1.807, 2.05) is 0 Å². The first-order valence-electron chi connectivity index (χ1n) is 10.7.